The highest BCUT2D eigenvalue weighted by Gasteiger charge is 2.24. The Balaban J connectivity index is 0.00000400. The van der Waals surface area contributed by atoms with Gasteiger partial charge in [-0.3, -0.25) is 24.7 Å². The fourth-order valence-electron chi connectivity index (χ4n) is 4.15. The number of carbonyl (C=O) groups is 3. The van der Waals surface area contributed by atoms with E-state index in [4.69, 9.17) is 15.9 Å². The van der Waals surface area contributed by atoms with Crippen molar-refractivity contribution in [3.8, 4) is 0 Å². The van der Waals surface area contributed by atoms with Crippen LogP contribution in [-0.2, 0) is 16.0 Å². The predicted octanol–water partition coefficient (Wildman–Crippen LogP) is 4.66. The number of nitrogens with zero attached hydrogens (tertiary/aromatic N) is 2. The number of aromatic amines is 1. The minimum atomic E-state index is -0.538. The monoisotopic (exact) mass is 553 g/mol. The number of carbonyl (C=O) groups excluding carboxylic acids is 3. The molecular formula is C27H28ClN5O4S. The average molecular weight is 554 g/mol. The molecule has 2 aromatic carbocycles. The molecule has 198 valence electrons. The first-order valence-corrected chi connectivity index (χ1v) is 12.7. The molecule has 0 aliphatic rings. The van der Waals surface area contributed by atoms with Crippen LogP contribution < -0.4 is 10.6 Å². The minimum absolute atomic E-state index is 0. The number of amidine groups is 1. The molecule has 0 unspecified atom stereocenters. The Kier molecular flexibility index (Phi) is 9.38. The van der Waals surface area contributed by atoms with Gasteiger partial charge in [-0.1, -0.05) is 24.3 Å². The average Bonchev–Trinajstić information content (AvgIpc) is 3.53. The van der Waals surface area contributed by atoms with Crippen LogP contribution >= 0.6 is 23.7 Å². The molecular weight excluding hydrogens is 526 g/mol. The molecule has 2 aromatic heterocycles. The van der Waals surface area contributed by atoms with E-state index in [1.807, 2.05) is 19.1 Å². The first kappa shape index (κ1) is 28.5. The lowest BCUT2D eigenvalue weighted by Gasteiger charge is -2.21. The molecule has 4 N–H and O–H groups in total. The highest BCUT2D eigenvalue weighted by molar-refractivity contribution is 7.07. The number of esters is 1. The summed E-state index contributed by atoms with van der Waals surface area (Å²) in [5.41, 5.74) is 11.4. The lowest BCUT2D eigenvalue weighted by molar-refractivity contribution is -0.141. The van der Waals surface area contributed by atoms with Crippen molar-refractivity contribution >= 4 is 63.8 Å². The van der Waals surface area contributed by atoms with Gasteiger partial charge < -0.3 is 15.5 Å². The number of ether oxygens (including phenoxy) is 1. The summed E-state index contributed by atoms with van der Waals surface area (Å²) in [4.78, 5) is 47.5. The van der Waals surface area contributed by atoms with E-state index in [0.29, 0.717) is 28.6 Å². The number of Topliss-reactive ketones (excluding diaryl/α,β-unsaturated/α-hetero) is 1. The Morgan fingerprint density at radius 3 is 2.53 bits per heavy atom. The number of aryl methyl sites for hydroxylation is 2. The molecule has 11 heteroatoms. The number of anilines is 1. The van der Waals surface area contributed by atoms with Crippen LogP contribution in [0.15, 0.2) is 53.4 Å². The number of nitrogens with one attached hydrogen (secondary N) is 2. The molecule has 1 amide bonds. The van der Waals surface area contributed by atoms with Gasteiger partial charge in [-0.2, -0.15) is 0 Å². The van der Waals surface area contributed by atoms with Gasteiger partial charge in [0.1, 0.15) is 18.1 Å². The van der Waals surface area contributed by atoms with Crippen molar-refractivity contribution in [3.05, 3.63) is 81.4 Å². The summed E-state index contributed by atoms with van der Waals surface area (Å²) < 4.78 is 5.08. The normalized spacial score (nSPS) is 10.6. The third kappa shape index (κ3) is 6.27. The van der Waals surface area contributed by atoms with Crippen molar-refractivity contribution in [2.45, 2.75) is 26.7 Å². The third-order valence-corrected chi connectivity index (χ3v) is 6.54. The van der Waals surface area contributed by atoms with Gasteiger partial charge in [-0.15, -0.1) is 23.7 Å². The van der Waals surface area contributed by atoms with Crippen LogP contribution in [0.1, 0.15) is 51.0 Å². The van der Waals surface area contributed by atoms with E-state index in [0.717, 1.165) is 16.8 Å². The van der Waals surface area contributed by atoms with Crippen molar-refractivity contribution in [2.75, 3.05) is 18.1 Å². The van der Waals surface area contributed by atoms with Crippen LogP contribution in [0, 0.1) is 12.3 Å². The summed E-state index contributed by atoms with van der Waals surface area (Å²) in [5.74, 6) is -1.01. The number of H-pyrrole nitrogens is 1. The summed E-state index contributed by atoms with van der Waals surface area (Å²) in [6, 6.07) is 12.5. The van der Waals surface area contributed by atoms with E-state index in [1.165, 1.54) is 16.2 Å². The van der Waals surface area contributed by atoms with E-state index >= 15 is 0 Å². The van der Waals surface area contributed by atoms with Gasteiger partial charge in [0.05, 0.1) is 12.1 Å². The van der Waals surface area contributed by atoms with E-state index in [-0.39, 0.29) is 49.3 Å². The number of rotatable bonds is 10. The second-order valence-electron chi connectivity index (χ2n) is 8.46. The molecule has 0 aliphatic carbocycles. The summed E-state index contributed by atoms with van der Waals surface area (Å²) >= 11 is 1.29. The van der Waals surface area contributed by atoms with Crippen molar-refractivity contribution in [2.24, 2.45) is 5.73 Å². The first-order valence-electron chi connectivity index (χ1n) is 11.7. The summed E-state index contributed by atoms with van der Waals surface area (Å²) in [7, 11) is 0. The molecule has 38 heavy (non-hydrogen) atoms. The van der Waals surface area contributed by atoms with Gasteiger partial charge >= 0.3 is 5.97 Å². The summed E-state index contributed by atoms with van der Waals surface area (Å²) in [6.07, 6.45) is 0.807. The van der Waals surface area contributed by atoms with Gasteiger partial charge in [-0.05, 0) is 44.0 Å². The number of aromatic nitrogens is 2. The molecule has 0 saturated carbocycles. The standard InChI is InChI=1S/C27H27N5O4S.ClH/c1-3-36-24(34)13-32(27(35)22-14-37-15-30-22)19-9-10-21-20(12-19)25(16(2)31-21)23(33)11-6-17-4-7-18(8-5-17)26(28)29;/h4-5,7-10,12,14-15,31H,3,6,11,13H2,1-2H3,(H3,28,29);1H. The highest BCUT2D eigenvalue weighted by Crippen LogP contribution is 2.29. The Morgan fingerprint density at radius 1 is 1.16 bits per heavy atom. The lowest BCUT2D eigenvalue weighted by Crippen LogP contribution is -2.36. The molecule has 0 saturated heterocycles. The van der Waals surface area contributed by atoms with Crippen LogP contribution in [0.2, 0.25) is 0 Å². The summed E-state index contributed by atoms with van der Waals surface area (Å²) in [6.45, 7) is 3.46. The number of fused-ring (bicyclic) bond motifs is 1. The zero-order valence-corrected chi connectivity index (χ0v) is 22.6. The van der Waals surface area contributed by atoms with Crippen LogP contribution in [0.25, 0.3) is 10.9 Å². The van der Waals surface area contributed by atoms with Crippen molar-refractivity contribution in [1.29, 1.82) is 5.41 Å². The lowest BCUT2D eigenvalue weighted by atomic mass is 9.99. The zero-order valence-electron chi connectivity index (χ0n) is 20.9. The number of amides is 1. The molecule has 0 fully saturated rings. The fraction of sp³-hybridized carbons (Fsp3) is 0.222. The molecule has 9 nitrogen and oxygen atoms in total. The molecule has 0 spiro atoms. The maximum absolute atomic E-state index is 13.3. The van der Waals surface area contributed by atoms with Crippen LogP contribution in [-0.4, -0.2) is 46.6 Å². The molecule has 0 radical (unpaired) electrons. The third-order valence-electron chi connectivity index (χ3n) is 5.95. The van der Waals surface area contributed by atoms with Gasteiger partial charge in [-0.25, -0.2) is 4.98 Å². The van der Waals surface area contributed by atoms with Crippen molar-refractivity contribution in [1.82, 2.24) is 9.97 Å². The Bertz CT molecular complexity index is 1460. The van der Waals surface area contributed by atoms with Gasteiger partial charge in [0.2, 0.25) is 0 Å². The maximum Gasteiger partial charge on any atom is 0.326 e. The van der Waals surface area contributed by atoms with E-state index < -0.39 is 11.9 Å². The van der Waals surface area contributed by atoms with E-state index in [1.54, 1.807) is 48.1 Å². The van der Waals surface area contributed by atoms with Crippen molar-refractivity contribution < 1.29 is 19.1 Å². The Hall–Kier alpha value is -4.02. The highest BCUT2D eigenvalue weighted by atomic mass is 35.5. The number of halogens is 1. The number of thiazole rings is 1. The van der Waals surface area contributed by atoms with Crippen molar-refractivity contribution in [3.63, 3.8) is 0 Å². The van der Waals surface area contributed by atoms with E-state index in [2.05, 4.69) is 9.97 Å². The molecule has 0 aliphatic heterocycles. The molecule has 0 atom stereocenters. The molecule has 4 aromatic rings. The number of nitrogen functional groups attached to an aromatic ring is 1. The Labute approximate surface area is 229 Å². The molecule has 2 heterocycles. The molecule has 0 bridgehead atoms. The topological polar surface area (TPSA) is 142 Å². The number of benzene rings is 2. The number of nitrogens with two attached hydrogens (primary N) is 1. The van der Waals surface area contributed by atoms with E-state index in [9.17, 15) is 14.4 Å². The largest absolute Gasteiger partial charge is 0.465 e. The quantitative estimate of drug-likeness (QED) is 0.113. The SMILES string of the molecule is CCOC(=O)CN(C(=O)c1cscn1)c1ccc2[nH]c(C)c(C(=O)CCc3ccc(C(=N)N)cc3)c2c1.Cl. The second kappa shape index (κ2) is 12.5. The first-order chi connectivity index (χ1) is 17.8. The zero-order chi connectivity index (χ0) is 26.5. The van der Waals surface area contributed by atoms with Gasteiger partial charge in [0.15, 0.2) is 5.78 Å². The van der Waals surface area contributed by atoms with Gasteiger partial charge in [0.25, 0.3) is 5.91 Å². The summed E-state index contributed by atoms with van der Waals surface area (Å²) in [5, 5.41) is 9.81. The fourth-order valence-corrected chi connectivity index (χ4v) is 4.67. The second-order valence-corrected chi connectivity index (χ2v) is 9.18. The Morgan fingerprint density at radius 2 is 1.89 bits per heavy atom. The van der Waals surface area contributed by atoms with Crippen LogP contribution in [0.4, 0.5) is 5.69 Å². The van der Waals surface area contributed by atoms with Crippen LogP contribution in [0.5, 0.6) is 0 Å². The smallest absolute Gasteiger partial charge is 0.326 e. The number of hydrogen-bond acceptors (Lipinski definition) is 7. The predicted molar refractivity (Wildman–Crippen MR) is 151 cm³/mol. The van der Waals surface area contributed by atoms with Gasteiger partial charge in [0, 0.05) is 45.2 Å². The maximum atomic E-state index is 13.3. The number of ketones is 1. The minimum Gasteiger partial charge on any atom is -0.465 e. The molecule has 4 rings (SSSR count). The van der Waals surface area contributed by atoms with Crippen LogP contribution in [0.3, 0.4) is 0 Å². The number of hydrogen-bond donors (Lipinski definition) is 3.